The highest BCUT2D eigenvalue weighted by Crippen LogP contribution is 2.29. The molecule has 0 radical (unpaired) electrons. The molecule has 1 unspecified atom stereocenters. The van der Waals surface area contributed by atoms with Crippen molar-refractivity contribution in [1.29, 1.82) is 5.26 Å². The molecule has 1 aliphatic rings. The number of fused-ring (bicyclic) bond motifs is 1. The number of aromatic amines is 1. The molecule has 0 aromatic carbocycles. The molecule has 1 fully saturated rings. The van der Waals surface area contributed by atoms with Crippen LogP contribution in [0, 0.1) is 11.3 Å². The first-order chi connectivity index (χ1) is 12.7. The predicted octanol–water partition coefficient (Wildman–Crippen LogP) is 1.95. The van der Waals surface area contributed by atoms with Crippen LogP contribution in [-0.2, 0) is 0 Å². The Kier molecular flexibility index (Phi) is 4.05. The number of pyridine rings is 1. The fourth-order valence-electron chi connectivity index (χ4n) is 3.42. The van der Waals surface area contributed by atoms with Gasteiger partial charge >= 0.3 is 0 Å². The van der Waals surface area contributed by atoms with Crippen LogP contribution < -0.4 is 14.5 Å². The van der Waals surface area contributed by atoms with Gasteiger partial charge in [0.05, 0.1) is 12.5 Å². The molecule has 4 rings (SSSR count). The first kappa shape index (κ1) is 16.1. The van der Waals surface area contributed by atoms with Crippen LogP contribution >= 0.6 is 0 Å². The van der Waals surface area contributed by atoms with Gasteiger partial charge in [-0.25, -0.2) is 9.97 Å². The number of nitrogens with one attached hydrogen (secondary N) is 1. The van der Waals surface area contributed by atoms with Crippen molar-refractivity contribution in [3.8, 4) is 11.9 Å². The molecule has 0 saturated carbocycles. The molecule has 0 aliphatic carbocycles. The Labute approximate surface area is 151 Å². The summed E-state index contributed by atoms with van der Waals surface area (Å²) in [5, 5.41) is 10.2. The van der Waals surface area contributed by atoms with Crippen LogP contribution in [0.1, 0.15) is 12.0 Å². The predicted molar refractivity (Wildman–Crippen MR) is 98.4 cm³/mol. The third-order valence-electron chi connectivity index (χ3n) is 4.86. The average Bonchev–Trinajstić information content (AvgIpc) is 3.36. The highest BCUT2D eigenvalue weighted by molar-refractivity contribution is 5.87. The fraction of sp³-hybridized carbons (Fsp3) is 0.333. The Hall–Kier alpha value is -3.34. The number of methoxy groups -OCH3 is 1. The number of hydrogen-bond acceptors (Lipinski definition) is 7. The number of likely N-dealkylation sites (N-methyl/N-ethyl adjacent to an activating group) is 1. The highest BCUT2D eigenvalue weighted by atomic mass is 16.5. The quantitative estimate of drug-likeness (QED) is 0.769. The summed E-state index contributed by atoms with van der Waals surface area (Å²) in [6.45, 7) is 1.76. The summed E-state index contributed by atoms with van der Waals surface area (Å²) >= 11 is 0. The van der Waals surface area contributed by atoms with Gasteiger partial charge in [-0.3, -0.25) is 0 Å². The zero-order chi connectivity index (χ0) is 18.1. The standard InChI is InChI=1S/C18H19N7O/c1-24(15-4-3-12(9-19)18(23-15)26-2)13-6-8-25(10-13)17-14-5-7-20-16(14)21-11-22-17/h3-5,7,11,13H,6,8,10H2,1-2H3,(H,20,21,22). The van der Waals surface area contributed by atoms with Crippen molar-refractivity contribution in [2.24, 2.45) is 0 Å². The van der Waals surface area contributed by atoms with Gasteiger partial charge in [0.1, 0.15) is 35.2 Å². The molecule has 26 heavy (non-hydrogen) atoms. The summed E-state index contributed by atoms with van der Waals surface area (Å²) in [4.78, 5) is 20.8. The zero-order valence-electron chi connectivity index (χ0n) is 14.7. The molecule has 1 N–H and O–H groups in total. The first-order valence-electron chi connectivity index (χ1n) is 8.42. The van der Waals surface area contributed by atoms with Gasteiger partial charge in [0.25, 0.3) is 0 Å². The van der Waals surface area contributed by atoms with Crippen LogP contribution in [0.25, 0.3) is 11.0 Å². The van der Waals surface area contributed by atoms with E-state index in [4.69, 9.17) is 10.00 Å². The molecule has 1 aliphatic heterocycles. The van der Waals surface area contributed by atoms with E-state index in [9.17, 15) is 0 Å². The second-order valence-electron chi connectivity index (χ2n) is 6.27. The maximum Gasteiger partial charge on any atom is 0.233 e. The summed E-state index contributed by atoms with van der Waals surface area (Å²) in [7, 11) is 3.55. The molecule has 8 nitrogen and oxygen atoms in total. The number of aromatic nitrogens is 4. The third-order valence-corrected chi connectivity index (χ3v) is 4.86. The Morgan fingerprint density at radius 2 is 2.23 bits per heavy atom. The van der Waals surface area contributed by atoms with Gasteiger partial charge in [-0.1, -0.05) is 0 Å². The molecule has 132 valence electrons. The number of nitrogens with zero attached hydrogens (tertiary/aromatic N) is 6. The summed E-state index contributed by atoms with van der Waals surface area (Å²) in [6.07, 6.45) is 4.48. The van der Waals surface area contributed by atoms with E-state index in [-0.39, 0.29) is 0 Å². The van der Waals surface area contributed by atoms with Crippen LogP contribution in [0.5, 0.6) is 5.88 Å². The minimum atomic E-state index is 0.295. The normalized spacial score (nSPS) is 16.7. The number of anilines is 2. The molecule has 8 heteroatoms. The Balaban J connectivity index is 1.55. The topological polar surface area (TPSA) is 94.0 Å². The van der Waals surface area contributed by atoms with E-state index in [1.54, 1.807) is 12.4 Å². The average molecular weight is 349 g/mol. The Morgan fingerprint density at radius 3 is 3.04 bits per heavy atom. The number of rotatable bonds is 4. The summed E-state index contributed by atoms with van der Waals surface area (Å²) in [6, 6.07) is 8.01. The second kappa shape index (κ2) is 6.52. The van der Waals surface area contributed by atoms with E-state index < -0.39 is 0 Å². The largest absolute Gasteiger partial charge is 0.480 e. The van der Waals surface area contributed by atoms with Crippen molar-refractivity contribution in [2.75, 3.05) is 37.0 Å². The first-order valence-corrected chi connectivity index (χ1v) is 8.42. The maximum absolute atomic E-state index is 9.12. The Bertz CT molecular complexity index is 977. The number of ether oxygens (including phenoxy) is 1. The minimum Gasteiger partial charge on any atom is -0.480 e. The van der Waals surface area contributed by atoms with Crippen molar-refractivity contribution in [1.82, 2.24) is 19.9 Å². The minimum absolute atomic E-state index is 0.295. The van der Waals surface area contributed by atoms with E-state index >= 15 is 0 Å². The lowest BCUT2D eigenvalue weighted by Gasteiger charge is -2.26. The van der Waals surface area contributed by atoms with Crippen LogP contribution in [0.2, 0.25) is 0 Å². The maximum atomic E-state index is 9.12. The number of hydrogen-bond donors (Lipinski definition) is 1. The third kappa shape index (κ3) is 2.67. The van der Waals surface area contributed by atoms with Crippen LogP contribution in [-0.4, -0.2) is 53.2 Å². The number of nitriles is 1. The van der Waals surface area contributed by atoms with Crippen molar-refractivity contribution in [3.05, 3.63) is 36.3 Å². The molecule has 0 bridgehead atoms. The molecule has 3 aromatic heterocycles. The molecule has 4 heterocycles. The van der Waals surface area contributed by atoms with Crippen LogP contribution in [0.4, 0.5) is 11.6 Å². The van der Waals surface area contributed by atoms with Crippen LogP contribution in [0.3, 0.4) is 0 Å². The smallest absolute Gasteiger partial charge is 0.233 e. The van der Waals surface area contributed by atoms with Gasteiger partial charge in [0.2, 0.25) is 5.88 Å². The summed E-state index contributed by atoms with van der Waals surface area (Å²) < 4.78 is 5.23. The van der Waals surface area contributed by atoms with Gasteiger partial charge in [-0.15, -0.1) is 0 Å². The van der Waals surface area contributed by atoms with Gasteiger partial charge in [0, 0.05) is 32.4 Å². The SMILES string of the molecule is COc1nc(N(C)C2CCN(c3ncnc4[nH]ccc34)C2)ccc1C#N. The molecule has 1 atom stereocenters. The van der Waals surface area contributed by atoms with E-state index in [1.165, 1.54) is 7.11 Å². The van der Waals surface area contributed by atoms with Gasteiger partial charge in [0.15, 0.2) is 0 Å². The van der Waals surface area contributed by atoms with Crippen molar-refractivity contribution in [2.45, 2.75) is 12.5 Å². The van der Waals surface area contributed by atoms with E-state index in [1.807, 2.05) is 25.4 Å². The Morgan fingerprint density at radius 1 is 1.35 bits per heavy atom. The second-order valence-corrected chi connectivity index (χ2v) is 6.27. The molecule has 0 spiro atoms. The number of H-pyrrole nitrogens is 1. The van der Waals surface area contributed by atoms with E-state index in [2.05, 4.69) is 35.8 Å². The molecule has 0 amide bonds. The van der Waals surface area contributed by atoms with Gasteiger partial charge < -0.3 is 19.5 Å². The molecular weight excluding hydrogens is 330 g/mol. The lowest BCUT2D eigenvalue weighted by atomic mass is 10.2. The summed E-state index contributed by atoms with van der Waals surface area (Å²) in [5.74, 6) is 2.11. The molecule has 3 aromatic rings. The highest BCUT2D eigenvalue weighted by Gasteiger charge is 2.28. The molecular formula is C18H19N7O. The van der Waals surface area contributed by atoms with Crippen molar-refractivity contribution in [3.63, 3.8) is 0 Å². The van der Waals surface area contributed by atoms with Gasteiger partial charge in [-0.2, -0.15) is 10.2 Å². The van der Waals surface area contributed by atoms with Crippen molar-refractivity contribution < 1.29 is 4.74 Å². The summed E-state index contributed by atoms with van der Waals surface area (Å²) in [5.41, 5.74) is 1.29. The zero-order valence-corrected chi connectivity index (χ0v) is 14.7. The molecule has 1 saturated heterocycles. The van der Waals surface area contributed by atoms with Gasteiger partial charge in [-0.05, 0) is 24.6 Å². The monoisotopic (exact) mass is 349 g/mol. The van der Waals surface area contributed by atoms with Crippen LogP contribution in [0.15, 0.2) is 30.7 Å². The van der Waals surface area contributed by atoms with E-state index in [0.717, 1.165) is 42.2 Å². The van der Waals surface area contributed by atoms with E-state index in [0.29, 0.717) is 17.5 Å². The lowest BCUT2D eigenvalue weighted by molar-refractivity contribution is 0.396. The fourth-order valence-corrected chi connectivity index (χ4v) is 3.42. The lowest BCUT2D eigenvalue weighted by Crippen LogP contribution is -2.35. The van der Waals surface area contributed by atoms with Crippen molar-refractivity contribution >= 4 is 22.7 Å².